The molecule has 108 valence electrons. The van der Waals surface area contributed by atoms with E-state index in [-0.39, 0.29) is 22.5 Å². The van der Waals surface area contributed by atoms with E-state index in [0.717, 1.165) is 0 Å². The first-order valence-corrected chi connectivity index (χ1v) is 6.47. The van der Waals surface area contributed by atoms with Gasteiger partial charge in [-0.25, -0.2) is 4.98 Å². The number of aryl methyl sites for hydroxylation is 1. The van der Waals surface area contributed by atoms with Gasteiger partial charge in [-0.05, 0) is 6.92 Å². The van der Waals surface area contributed by atoms with Crippen LogP contribution in [0.5, 0.6) is 0 Å². The summed E-state index contributed by atoms with van der Waals surface area (Å²) >= 11 is 5.99. The normalized spacial score (nSPS) is 11.0. The van der Waals surface area contributed by atoms with E-state index in [4.69, 9.17) is 17.3 Å². The van der Waals surface area contributed by atoms with Crippen LogP contribution in [0.3, 0.4) is 0 Å². The van der Waals surface area contributed by atoms with Gasteiger partial charge in [0.1, 0.15) is 11.2 Å². The van der Waals surface area contributed by atoms with Crippen molar-refractivity contribution in [1.82, 2.24) is 29.7 Å². The van der Waals surface area contributed by atoms with Gasteiger partial charge in [0, 0.05) is 6.54 Å². The number of fused-ring (bicyclic) bond motifs is 1. The number of hydrogen-bond donors (Lipinski definition) is 3. The topological polar surface area (TPSA) is 127 Å². The minimum absolute atomic E-state index is 0.0489. The Kier molecular flexibility index (Phi) is 3.18. The summed E-state index contributed by atoms with van der Waals surface area (Å²) < 4.78 is 1.49. The molecule has 3 aromatic heterocycles. The average molecular weight is 307 g/mol. The fourth-order valence-electron chi connectivity index (χ4n) is 1.90. The van der Waals surface area contributed by atoms with Gasteiger partial charge in [0.2, 0.25) is 5.95 Å². The van der Waals surface area contributed by atoms with Gasteiger partial charge in [-0.1, -0.05) is 11.6 Å². The number of carbonyl (C=O) groups excluding carboxylic acids is 1. The zero-order valence-corrected chi connectivity index (χ0v) is 11.7. The molecule has 0 saturated carbocycles. The fraction of sp³-hybridized carbons (Fsp3) is 0.182. The molecule has 9 nitrogen and oxygen atoms in total. The smallest absolute Gasteiger partial charge is 0.278 e. The number of H-pyrrole nitrogens is 1. The molecule has 0 bridgehead atoms. The predicted octanol–water partition coefficient (Wildman–Crippen LogP) is 1.06. The van der Waals surface area contributed by atoms with E-state index >= 15 is 0 Å². The molecule has 0 atom stereocenters. The van der Waals surface area contributed by atoms with Crippen molar-refractivity contribution in [3.8, 4) is 0 Å². The molecule has 4 N–H and O–H groups in total. The molecule has 0 saturated heterocycles. The van der Waals surface area contributed by atoms with Crippen LogP contribution in [0.15, 0.2) is 12.5 Å². The van der Waals surface area contributed by atoms with Gasteiger partial charge < -0.3 is 10.7 Å². The summed E-state index contributed by atoms with van der Waals surface area (Å²) in [5, 5.41) is 6.72. The van der Waals surface area contributed by atoms with E-state index in [1.165, 1.54) is 17.2 Å². The highest BCUT2D eigenvalue weighted by Crippen LogP contribution is 2.19. The van der Waals surface area contributed by atoms with Crippen molar-refractivity contribution in [2.75, 3.05) is 11.1 Å². The highest BCUT2D eigenvalue weighted by molar-refractivity contribution is 6.33. The molecule has 0 unspecified atom stereocenters. The number of aromatic nitrogens is 6. The Morgan fingerprint density at radius 2 is 2.33 bits per heavy atom. The third-order valence-corrected chi connectivity index (χ3v) is 3.12. The molecule has 21 heavy (non-hydrogen) atoms. The molecular weight excluding hydrogens is 296 g/mol. The molecule has 3 aromatic rings. The summed E-state index contributed by atoms with van der Waals surface area (Å²) in [4.78, 5) is 27.1. The number of imidazole rings is 1. The maximum atomic E-state index is 12.3. The highest BCUT2D eigenvalue weighted by Gasteiger charge is 2.18. The Labute approximate surface area is 123 Å². The number of nitrogens with two attached hydrogens (primary N) is 1. The lowest BCUT2D eigenvalue weighted by Gasteiger charge is -2.06. The van der Waals surface area contributed by atoms with E-state index in [1.54, 1.807) is 0 Å². The van der Waals surface area contributed by atoms with Crippen molar-refractivity contribution in [2.24, 2.45) is 0 Å². The second kappa shape index (κ2) is 5.02. The number of amides is 1. The molecule has 3 heterocycles. The summed E-state index contributed by atoms with van der Waals surface area (Å²) in [5.74, 6) is -0.411. The van der Waals surface area contributed by atoms with Crippen LogP contribution in [0, 0.1) is 0 Å². The van der Waals surface area contributed by atoms with E-state index < -0.39 is 5.91 Å². The maximum absolute atomic E-state index is 12.3. The van der Waals surface area contributed by atoms with Crippen LogP contribution in [-0.2, 0) is 6.54 Å². The van der Waals surface area contributed by atoms with Gasteiger partial charge in [0.05, 0.1) is 18.2 Å². The maximum Gasteiger partial charge on any atom is 0.278 e. The monoisotopic (exact) mass is 306 g/mol. The van der Waals surface area contributed by atoms with Gasteiger partial charge in [-0.2, -0.15) is 15.1 Å². The lowest BCUT2D eigenvalue weighted by atomic mass is 10.3. The number of nitrogens with one attached hydrogen (secondary N) is 2. The van der Waals surface area contributed by atoms with E-state index in [9.17, 15) is 4.79 Å². The van der Waals surface area contributed by atoms with Gasteiger partial charge in [0.25, 0.3) is 5.91 Å². The first kappa shape index (κ1) is 13.3. The molecule has 3 rings (SSSR count). The van der Waals surface area contributed by atoms with E-state index in [2.05, 4.69) is 30.4 Å². The van der Waals surface area contributed by atoms with Gasteiger partial charge >= 0.3 is 0 Å². The second-order valence-corrected chi connectivity index (χ2v) is 4.52. The van der Waals surface area contributed by atoms with E-state index in [1.807, 2.05) is 6.92 Å². The van der Waals surface area contributed by atoms with Gasteiger partial charge in [-0.15, -0.1) is 0 Å². The van der Waals surface area contributed by atoms with Crippen molar-refractivity contribution >= 4 is 40.3 Å². The number of hydrogen-bond acceptors (Lipinski definition) is 6. The number of nitrogens with zero attached hydrogens (tertiary/aromatic N) is 5. The molecule has 0 aromatic carbocycles. The molecule has 10 heteroatoms. The van der Waals surface area contributed by atoms with Crippen LogP contribution in [0.4, 0.5) is 11.6 Å². The number of carbonyl (C=O) groups is 1. The third kappa shape index (κ3) is 2.27. The molecule has 0 fully saturated rings. The van der Waals surface area contributed by atoms with Crippen LogP contribution < -0.4 is 11.1 Å². The summed E-state index contributed by atoms with van der Waals surface area (Å²) in [7, 11) is 0. The number of aromatic amines is 1. The minimum atomic E-state index is -0.460. The quantitative estimate of drug-likeness (QED) is 0.621. The largest absolute Gasteiger partial charge is 0.396 e. The first-order valence-electron chi connectivity index (χ1n) is 6.09. The molecule has 0 radical (unpaired) electrons. The molecule has 0 aliphatic heterocycles. The number of rotatable bonds is 3. The first-order chi connectivity index (χ1) is 10.1. The van der Waals surface area contributed by atoms with Crippen LogP contribution >= 0.6 is 11.6 Å². The van der Waals surface area contributed by atoms with Crippen molar-refractivity contribution in [1.29, 1.82) is 0 Å². The Morgan fingerprint density at radius 1 is 1.52 bits per heavy atom. The molecule has 0 spiro atoms. The summed E-state index contributed by atoms with van der Waals surface area (Å²) in [5.41, 5.74) is 7.15. The Morgan fingerprint density at radius 3 is 3.10 bits per heavy atom. The molecule has 0 aliphatic rings. The zero-order chi connectivity index (χ0) is 15.0. The summed E-state index contributed by atoms with van der Waals surface area (Å²) in [6.45, 7) is 2.37. The van der Waals surface area contributed by atoms with E-state index in [0.29, 0.717) is 17.7 Å². The lowest BCUT2D eigenvalue weighted by Crippen LogP contribution is -2.20. The van der Waals surface area contributed by atoms with Crippen molar-refractivity contribution in [3.05, 3.63) is 23.4 Å². The Balaban J connectivity index is 1.94. The predicted molar refractivity (Wildman–Crippen MR) is 77.0 cm³/mol. The number of halogens is 1. The van der Waals surface area contributed by atoms with Crippen LogP contribution in [0.2, 0.25) is 5.15 Å². The fourth-order valence-corrected chi connectivity index (χ4v) is 2.12. The van der Waals surface area contributed by atoms with Crippen LogP contribution in [-0.4, -0.2) is 35.6 Å². The third-order valence-electron chi connectivity index (χ3n) is 2.85. The second-order valence-electron chi connectivity index (χ2n) is 4.16. The Hall–Kier alpha value is -2.68. The SMILES string of the molecule is CCn1ncc(N)c1C(=O)Nc1nc(Cl)c2[nH]cnc2n1. The van der Waals surface area contributed by atoms with Crippen molar-refractivity contribution in [2.45, 2.75) is 13.5 Å². The standard InChI is InChI=1S/C11H11ClN8O/c1-2-20-7(5(13)3-16-20)10(21)19-11-17-8(12)6-9(18-11)15-4-14-6/h3-4H,2,13H2,1H3,(H2,14,15,17,18,19,21). The lowest BCUT2D eigenvalue weighted by molar-refractivity contribution is 0.101. The van der Waals surface area contributed by atoms with Crippen LogP contribution in [0.25, 0.3) is 11.2 Å². The van der Waals surface area contributed by atoms with Crippen molar-refractivity contribution in [3.63, 3.8) is 0 Å². The highest BCUT2D eigenvalue weighted by atomic mass is 35.5. The number of anilines is 2. The number of nitrogen functional groups attached to an aromatic ring is 1. The molecule has 1 amide bonds. The molecular formula is C11H11ClN8O. The Bertz CT molecular complexity index is 823. The summed E-state index contributed by atoms with van der Waals surface area (Å²) in [6, 6.07) is 0. The van der Waals surface area contributed by atoms with Gasteiger partial charge in [-0.3, -0.25) is 14.8 Å². The van der Waals surface area contributed by atoms with Crippen molar-refractivity contribution < 1.29 is 4.79 Å². The zero-order valence-electron chi connectivity index (χ0n) is 11.0. The minimum Gasteiger partial charge on any atom is -0.396 e. The summed E-state index contributed by atoms with van der Waals surface area (Å²) in [6.07, 6.45) is 2.87. The average Bonchev–Trinajstić information content (AvgIpc) is 3.04. The van der Waals surface area contributed by atoms with Gasteiger partial charge in [0.15, 0.2) is 10.8 Å². The van der Waals surface area contributed by atoms with Crippen LogP contribution in [0.1, 0.15) is 17.4 Å². The molecule has 0 aliphatic carbocycles.